The van der Waals surface area contributed by atoms with Gasteiger partial charge in [-0.15, -0.1) is 11.3 Å². The van der Waals surface area contributed by atoms with Gasteiger partial charge in [-0.2, -0.15) is 0 Å². The van der Waals surface area contributed by atoms with Crippen molar-refractivity contribution in [3.63, 3.8) is 0 Å². The molecule has 0 unspecified atom stereocenters. The van der Waals surface area contributed by atoms with E-state index in [1.165, 1.54) is 124 Å². The van der Waals surface area contributed by atoms with Crippen LogP contribution in [0, 0.1) is 0 Å². The van der Waals surface area contributed by atoms with Crippen molar-refractivity contribution < 1.29 is 17.7 Å². The van der Waals surface area contributed by atoms with E-state index in [2.05, 4.69) is 461 Å². The Kier molecular flexibility index (Phi) is 16.1. The molecule has 0 N–H and O–H groups in total. The normalized spacial score (nSPS) is 12.8. The molecule has 0 atom stereocenters. The predicted molar refractivity (Wildman–Crippen MR) is 578 cm³/mol. The minimum Gasteiger partial charge on any atom is -0.454 e. The maximum absolute atomic E-state index is 7.19. The number of anilines is 12. The van der Waals surface area contributed by atoms with Gasteiger partial charge in [-0.1, -0.05) is 281 Å². The average Bonchev–Trinajstić information content (AvgIpc) is 1.50. The van der Waals surface area contributed by atoms with E-state index in [0.29, 0.717) is 0 Å². The molecule has 0 spiro atoms. The highest BCUT2D eigenvalue weighted by Gasteiger charge is 2.43. The van der Waals surface area contributed by atoms with Crippen LogP contribution in [0.4, 0.5) is 68.2 Å². The number of hydrogen-bond acceptors (Lipinski definition) is 9. The molecule has 0 radical (unpaired) electrons. The van der Waals surface area contributed by atoms with Crippen LogP contribution < -0.4 is 19.6 Å². The maximum Gasteiger partial charge on any atom is 0.213 e. The number of fused-ring (bicyclic) bond motifs is 32. The van der Waals surface area contributed by atoms with Crippen LogP contribution in [0.25, 0.3) is 206 Å². The molecule has 1 aliphatic rings. The molecule has 1 aliphatic carbocycles. The first-order chi connectivity index (χ1) is 68.2. The highest BCUT2D eigenvalue weighted by molar-refractivity contribution is 7.27. The molecule has 646 valence electrons. The number of furan rings is 4. The van der Waals surface area contributed by atoms with Gasteiger partial charge in [0, 0.05) is 144 Å². The molecule has 9 heterocycles. The van der Waals surface area contributed by atoms with Crippen molar-refractivity contribution in [2.45, 2.75) is 19.3 Å². The highest BCUT2D eigenvalue weighted by atomic mass is 32.1. The van der Waals surface area contributed by atoms with Gasteiger partial charge in [-0.05, 0) is 223 Å². The number of nitrogens with zero attached hydrogens (tertiary/aromatic N) is 6. The summed E-state index contributed by atoms with van der Waals surface area (Å²) in [7, 11) is 0. The molecule has 30 aromatic rings. The lowest BCUT2D eigenvalue weighted by molar-refractivity contribution is 0.606. The van der Waals surface area contributed by atoms with E-state index < -0.39 is 0 Å². The fourth-order valence-electron chi connectivity index (χ4n) is 23.3. The van der Waals surface area contributed by atoms with Crippen molar-refractivity contribution in [3.05, 3.63) is 448 Å². The summed E-state index contributed by atoms with van der Waals surface area (Å²) in [6, 6.07) is 158. The Bertz CT molecular complexity index is 10200. The minimum absolute atomic E-state index is 0.383. The molecule has 0 amide bonds. The number of benzene rings is 21. The molecule has 0 saturated carbocycles. The van der Waals surface area contributed by atoms with Gasteiger partial charge in [-0.3, -0.25) is 4.40 Å². The Morgan fingerprint density at radius 1 is 0.232 bits per heavy atom. The van der Waals surface area contributed by atoms with Crippen molar-refractivity contribution in [1.82, 2.24) is 8.80 Å². The third kappa shape index (κ3) is 11.2. The van der Waals surface area contributed by atoms with Crippen LogP contribution >= 0.6 is 11.3 Å². The average molecular weight is 1780 g/mol. The van der Waals surface area contributed by atoms with Crippen molar-refractivity contribution in [3.8, 4) is 11.1 Å². The van der Waals surface area contributed by atoms with Gasteiger partial charge in [0.25, 0.3) is 0 Å². The summed E-state index contributed by atoms with van der Waals surface area (Å²) in [5.74, 6) is 0. The lowest BCUT2D eigenvalue weighted by atomic mass is 9.85. The SMILES string of the molecule is CC1(C)c2cc(N(c3ccccc3)c3cccc4c3oc3ccccc34)ccc2-c2c1n1c3oc4cc(N(c5ccccc5)c5cccc6c5oc5ccccc56)ccc4c3c3cccc2c31.c1ccc2cc(N(c3ccc4ccccc4c3)c3ccc4c(c3)oc3c5cc6ccccc6c6c7sc8cc(N(c9ccc%10ccccc%10c9)c9ccc%10ccccc%10c9)ccc8c7n(c43)c56)ccc2c1. The van der Waals surface area contributed by atoms with Gasteiger partial charge in [0.1, 0.15) is 27.8 Å². The maximum atomic E-state index is 7.19. The Labute approximate surface area is 793 Å². The van der Waals surface area contributed by atoms with E-state index in [9.17, 15) is 0 Å². The smallest absolute Gasteiger partial charge is 0.213 e. The highest BCUT2D eigenvalue weighted by Crippen LogP contribution is 2.59. The number of para-hydroxylation sites is 7. The summed E-state index contributed by atoms with van der Waals surface area (Å²) in [5.41, 5.74) is 29.0. The summed E-state index contributed by atoms with van der Waals surface area (Å²) >= 11 is 1.90. The molecule has 0 bridgehead atoms. The van der Waals surface area contributed by atoms with Gasteiger partial charge in [0.05, 0.1) is 43.7 Å². The van der Waals surface area contributed by atoms with Crippen LogP contribution in [0.1, 0.15) is 25.1 Å². The second-order valence-electron chi connectivity index (χ2n) is 37.3. The summed E-state index contributed by atoms with van der Waals surface area (Å²) in [4.78, 5) is 9.40. The fraction of sp³-hybridized carbons (Fsp3) is 0.0236. The first kappa shape index (κ1) is 76.6. The molecule has 0 aliphatic heterocycles. The zero-order chi connectivity index (χ0) is 90.4. The molecule has 9 aromatic heterocycles. The lowest BCUT2D eigenvalue weighted by Crippen LogP contribution is -2.18. The molecule has 138 heavy (non-hydrogen) atoms. The monoisotopic (exact) mass is 1780 g/mol. The summed E-state index contributed by atoms with van der Waals surface area (Å²) in [5, 5.41) is 26.0. The van der Waals surface area contributed by atoms with Gasteiger partial charge in [0.2, 0.25) is 5.71 Å². The molecule has 31 rings (SSSR count). The first-order valence-electron chi connectivity index (χ1n) is 47.1. The van der Waals surface area contributed by atoms with Crippen LogP contribution in [-0.2, 0) is 5.41 Å². The van der Waals surface area contributed by atoms with E-state index in [0.717, 1.165) is 162 Å². The number of rotatable bonds is 12. The molecular weight excluding hydrogens is 1710 g/mol. The third-order valence-corrected chi connectivity index (χ3v) is 30.5. The van der Waals surface area contributed by atoms with Crippen LogP contribution in [0.15, 0.2) is 454 Å². The second-order valence-corrected chi connectivity index (χ2v) is 38.4. The fourth-order valence-corrected chi connectivity index (χ4v) is 24.6. The van der Waals surface area contributed by atoms with Crippen molar-refractivity contribution in [1.29, 1.82) is 0 Å². The Balaban J connectivity index is 0.000000131. The topological polar surface area (TPSA) is 74.3 Å². The van der Waals surface area contributed by atoms with Gasteiger partial charge in [-0.25, -0.2) is 0 Å². The van der Waals surface area contributed by atoms with Crippen molar-refractivity contribution in [2.75, 3.05) is 19.6 Å². The van der Waals surface area contributed by atoms with Crippen LogP contribution in [-0.4, -0.2) is 8.80 Å². The zero-order valence-corrected chi connectivity index (χ0v) is 75.6. The van der Waals surface area contributed by atoms with Gasteiger partial charge < -0.3 is 41.7 Å². The number of hydrogen-bond donors (Lipinski definition) is 0. The van der Waals surface area contributed by atoms with E-state index in [1.54, 1.807) is 0 Å². The van der Waals surface area contributed by atoms with Gasteiger partial charge in [0.15, 0.2) is 16.7 Å². The minimum atomic E-state index is -0.383. The standard InChI is InChI=1S/C66H39N3OS.C61H39N3O3/c1-5-15-44-33-49(25-21-40(44)11-1)67(50-26-22-41-12-2-6-16-45(41)34-50)53-29-31-56-59(38-53)70-65-58-37-48-19-9-10-20-55(48)61-62(58)69(63(56)65)64-57-32-30-54(39-60(57)71-66(61)64)68(51-27-23-42-13-3-7-17-46(42)35-51)52-28-24-43-14-4-8-18-47(43)36-52;1-61(2)48-34-38(62(36-16-5-3-6-17-36)49-26-14-22-42-40-20-9-11-28-51(40)65-57(42)49)30-32-44(48)54-46-24-13-25-47-55-45-33-31-39(35-53(45)67-60(55)64(56(46)47)59(54)61)63(37-18-7-4-8-19-37)50-27-15-23-43-41-21-10-12-29-52(41)66-58(43)50/h1-39H;3-35H,1-2H3. The van der Waals surface area contributed by atoms with Crippen molar-refractivity contribution in [2.24, 2.45) is 0 Å². The second kappa shape index (κ2) is 29.1. The van der Waals surface area contributed by atoms with E-state index in [1.807, 2.05) is 29.5 Å². The first-order valence-corrected chi connectivity index (χ1v) is 48.0. The van der Waals surface area contributed by atoms with Crippen LogP contribution in [0.5, 0.6) is 0 Å². The molecule has 10 nitrogen and oxygen atoms in total. The molecule has 21 aromatic carbocycles. The Morgan fingerprint density at radius 2 is 0.645 bits per heavy atom. The van der Waals surface area contributed by atoms with E-state index in [4.69, 9.17) is 17.7 Å². The predicted octanol–water partition coefficient (Wildman–Crippen LogP) is 37.0. The Hall–Kier alpha value is -17.9. The number of thiophene rings is 1. The third-order valence-electron chi connectivity index (χ3n) is 29.4. The van der Waals surface area contributed by atoms with Crippen LogP contribution in [0.2, 0.25) is 0 Å². The Morgan fingerprint density at radius 3 is 1.20 bits per heavy atom. The summed E-state index contributed by atoms with van der Waals surface area (Å²) in [6.07, 6.45) is 0. The zero-order valence-electron chi connectivity index (χ0n) is 74.8. The summed E-state index contributed by atoms with van der Waals surface area (Å²) < 4.78 is 35.1. The summed E-state index contributed by atoms with van der Waals surface area (Å²) in [6.45, 7) is 4.73. The quantitative estimate of drug-likeness (QED) is 0.120. The number of aromatic nitrogens is 2. The molecule has 0 saturated heterocycles. The molecular formula is C127H78N6O4S. The largest absolute Gasteiger partial charge is 0.454 e. The van der Waals surface area contributed by atoms with Crippen LogP contribution in [0.3, 0.4) is 0 Å². The molecule has 0 fully saturated rings. The molecule has 11 heteroatoms. The van der Waals surface area contributed by atoms with E-state index in [-0.39, 0.29) is 5.41 Å². The van der Waals surface area contributed by atoms with Gasteiger partial charge >= 0.3 is 0 Å². The lowest BCUT2D eigenvalue weighted by Gasteiger charge is -2.28. The van der Waals surface area contributed by atoms with E-state index >= 15 is 0 Å². The van der Waals surface area contributed by atoms with Crippen molar-refractivity contribution >= 4 is 274 Å².